The first-order valence-electron chi connectivity index (χ1n) is 11.1. The maximum absolute atomic E-state index is 13.5. The second-order valence-electron chi connectivity index (χ2n) is 8.37. The van der Waals surface area contributed by atoms with E-state index in [0.29, 0.717) is 31.1 Å². The molecule has 0 aromatic heterocycles. The molecule has 4 rings (SSSR count). The number of aryl methyl sites for hydroxylation is 2. The van der Waals surface area contributed by atoms with Crippen LogP contribution in [-0.4, -0.2) is 49.7 Å². The molecule has 3 aromatic carbocycles. The lowest BCUT2D eigenvalue weighted by Gasteiger charge is -2.38. The zero-order valence-corrected chi connectivity index (χ0v) is 19.8. The Morgan fingerprint density at radius 3 is 2.09 bits per heavy atom. The van der Waals surface area contributed by atoms with Crippen LogP contribution in [-0.2, 0) is 14.8 Å². The third kappa shape index (κ3) is 5.16. The molecule has 1 unspecified atom stereocenters. The van der Waals surface area contributed by atoms with Gasteiger partial charge < -0.3 is 5.32 Å². The van der Waals surface area contributed by atoms with Crippen molar-refractivity contribution in [3.8, 4) is 0 Å². The fourth-order valence-electron chi connectivity index (χ4n) is 4.18. The van der Waals surface area contributed by atoms with Gasteiger partial charge in [-0.2, -0.15) is 4.31 Å². The molecule has 1 aliphatic rings. The highest BCUT2D eigenvalue weighted by molar-refractivity contribution is 7.89. The Labute approximate surface area is 195 Å². The van der Waals surface area contributed by atoms with E-state index in [1.54, 1.807) is 30.3 Å². The summed E-state index contributed by atoms with van der Waals surface area (Å²) in [6.45, 7) is 5.56. The molecular formula is C26H29N3O3S. The fourth-order valence-corrected chi connectivity index (χ4v) is 5.62. The molecule has 3 aromatic rings. The van der Waals surface area contributed by atoms with Crippen molar-refractivity contribution in [2.24, 2.45) is 0 Å². The number of carbonyl (C=O) groups is 1. The topological polar surface area (TPSA) is 69.7 Å². The molecule has 1 aliphatic heterocycles. The van der Waals surface area contributed by atoms with Crippen molar-refractivity contribution in [2.75, 3.05) is 31.5 Å². The Morgan fingerprint density at radius 1 is 0.848 bits per heavy atom. The van der Waals surface area contributed by atoms with E-state index in [-0.39, 0.29) is 5.91 Å². The lowest BCUT2D eigenvalue weighted by atomic mass is 10.0. The molecule has 0 radical (unpaired) electrons. The van der Waals surface area contributed by atoms with Crippen molar-refractivity contribution >= 4 is 21.6 Å². The minimum absolute atomic E-state index is 0.116. The van der Waals surface area contributed by atoms with Gasteiger partial charge >= 0.3 is 0 Å². The number of amides is 1. The summed E-state index contributed by atoms with van der Waals surface area (Å²) >= 11 is 0. The minimum Gasteiger partial charge on any atom is -0.324 e. The molecule has 172 valence electrons. The summed E-state index contributed by atoms with van der Waals surface area (Å²) in [7, 11) is -3.55. The number of sulfonamides is 1. The number of hydrogen-bond donors (Lipinski definition) is 1. The summed E-state index contributed by atoms with van der Waals surface area (Å²) in [5, 5.41) is 3.10. The van der Waals surface area contributed by atoms with Gasteiger partial charge in [0.1, 0.15) is 6.04 Å². The lowest BCUT2D eigenvalue weighted by Crippen LogP contribution is -2.51. The van der Waals surface area contributed by atoms with E-state index in [1.807, 2.05) is 62.4 Å². The van der Waals surface area contributed by atoms with E-state index < -0.39 is 16.1 Å². The van der Waals surface area contributed by atoms with Crippen LogP contribution in [0.2, 0.25) is 0 Å². The molecule has 0 spiro atoms. The van der Waals surface area contributed by atoms with E-state index in [0.717, 1.165) is 22.4 Å². The molecule has 1 heterocycles. The maximum Gasteiger partial charge on any atom is 0.246 e. The molecule has 33 heavy (non-hydrogen) atoms. The minimum atomic E-state index is -3.55. The SMILES string of the molecule is Cc1ccc(C)c(NC(=O)C(c2ccccc2)N2CCN(S(=O)(=O)c3ccccc3)CC2)c1. The standard InChI is InChI=1S/C26H29N3O3S/c1-20-13-14-21(2)24(19-20)27-26(30)25(22-9-5-3-6-10-22)28-15-17-29(18-16-28)33(31,32)23-11-7-4-8-12-23/h3-14,19,25H,15-18H2,1-2H3,(H,27,30). The van der Waals surface area contributed by atoms with Gasteiger partial charge in [0.2, 0.25) is 15.9 Å². The van der Waals surface area contributed by atoms with Gasteiger partial charge in [-0.05, 0) is 48.7 Å². The smallest absolute Gasteiger partial charge is 0.246 e. The maximum atomic E-state index is 13.5. The second kappa shape index (κ2) is 9.87. The number of anilines is 1. The fraction of sp³-hybridized carbons (Fsp3) is 0.269. The average Bonchev–Trinajstić information content (AvgIpc) is 2.83. The first kappa shape index (κ1) is 23.2. The Kier molecular flexibility index (Phi) is 6.93. The Bertz CT molecular complexity index is 1210. The third-order valence-electron chi connectivity index (χ3n) is 6.03. The average molecular weight is 464 g/mol. The quantitative estimate of drug-likeness (QED) is 0.600. The predicted molar refractivity (Wildman–Crippen MR) is 131 cm³/mol. The predicted octanol–water partition coefficient (Wildman–Crippen LogP) is 3.99. The van der Waals surface area contributed by atoms with Gasteiger partial charge in [0.15, 0.2) is 0 Å². The van der Waals surface area contributed by atoms with Crippen molar-refractivity contribution in [3.05, 3.63) is 95.6 Å². The normalized spacial score (nSPS) is 16.3. The number of nitrogens with one attached hydrogen (secondary N) is 1. The van der Waals surface area contributed by atoms with Crippen molar-refractivity contribution < 1.29 is 13.2 Å². The molecule has 0 bridgehead atoms. The van der Waals surface area contributed by atoms with Gasteiger partial charge in [-0.15, -0.1) is 0 Å². The molecule has 1 fully saturated rings. The summed E-state index contributed by atoms with van der Waals surface area (Å²) in [5.41, 5.74) is 3.76. The van der Waals surface area contributed by atoms with E-state index >= 15 is 0 Å². The highest BCUT2D eigenvalue weighted by Gasteiger charge is 2.34. The zero-order chi connectivity index (χ0) is 23.4. The van der Waals surface area contributed by atoms with Crippen LogP contribution >= 0.6 is 0 Å². The van der Waals surface area contributed by atoms with Gasteiger partial charge in [-0.1, -0.05) is 60.7 Å². The van der Waals surface area contributed by atoms with Crippen molar-refractivity contribution in [3.63, 3.8) is 0 Å². The van der Waals surface area contributed by atoms with E-state index in [1.165, 1.54) is 4.31 Å². The highest BCUT2D eigenvalue weighted by atomic mass is 32.2. The van der Waals surface area contributed by atoms with Crippen LogP contribution in [0, 0.1) is 13.8 Å². The molecule has 1 saturated heterocycles. The Balaban J connectivity index is 1.54. The van der Waals surface area contributed by atoms with Crippen LogP contribution in [0.15, 0.2) is 83.8 Å². The summed E-state index contributed by atoms with van der Waals surface area (Å²) < 4.78 is 27.5. The molecule has 7 heteroatoms. The van der Waals surface area contributed by atoms with Crippen LogP contribution in [0.25, 0.3) is 0 Å². The van der Waals surface area contributed by atoms with E-state index in [9.17, 15) is 13.2 Å². The number of carbonyl (C=O) groups excluding carboxylic acids is 1. The van der Waals surface area contributed by atoms with E-state index in [4.69, 9.17) is 0 Å². The van der Waals surface area contributed by atoms with Crippen molar-refractivity contribution in [1.29, 1.82) is 0 Å². The number of nitrogens with zero attached hydrogens (tertiary/aromatic N) is 2. The second-order valence-corrected chi connectivity index (χ2v) is 10.3. The number of benzene rings is 3. The third-order valence-corrected chi connectivity index (χ3v) is 7.95. The first-order chi connectivity index (χ1) is 15.9. The summed E-state index contributed by atoms with van der Waals surface area (Å²) in [4.78, 5) is 15.9. The highest BCUT2D eigenvalue weighted by Crippen LogP contribution is 2.27. The van der Waals surface area contributed by atoms with E-state index in [2.05, 4.69) is 10.2 Å². The van der Waals surface area contributed by atoms with Gasteiger partial charge in [-0.25, -0.2) is 8.42 Å². The molecule has 1 atom stereocenters. The van der Waals surface area contributed by atoms with Gasteiger partial charge in [0, 0.05) is 31.9 Å². The number of piperazine rings is 1. The number of rotatable bonds is 6. The molecule has 1 amide bonds. The molecule has 6 nitrogen and oxygen atoms in total. The van der Waals surface area contributed by atoms with Gasteiger partial charge in [0.05, 0.1) is 4.90 Å². The lowest BCUT2D eigenvalue weighted by molar-refractivity contribution is -0.122. The van der Waals surface area contributed by atoms with Gasteiger partial charge in [-0.3, -0.25) is 9.69 Å². The monoisotopic (exact) mass is 463 g/mol. The first-order valence-corrected chi connectivity index (χ1v) is 12.5. The van der Waals surface area contributed by atoms with Crippen LogP contribution in [0.1, 0.15) is 22.7 Å². The summed E-state index contributed by atoms with van der Waals surface area (Å²) in [5.74, 6) is -0.116. The molecule has 0 aliphatic carbocycles. The van der Waals surface area contributed by atoms with Gasteiger partial charge in [0.25, 0.3) is 0 Å². The van der Waals surface area contributed by atoms with Crippen LogP contribution in [0.3, 0.4) is 0 Å². The molecular weight excluding hydrogens is 434 g/mol. The Morgan fingerprint density at radius 2 is 1.45 bits per heavy atom. The van der Waals surface area contributed by atoms with Crippen LogP contribution in [0.5, 0.6) is 0 Å². The summed E-state index contributed by atoms with van der Waals surface area (Å²) in [6.07, 6.45) is 0. The molecule has 1 N–H and O–H groups in total. The Hall–Kier alpha value is -3.00. The molecule has 0 saturated carbocycles. The number of hydrogen-bond acceptors (Lipinski definition) is 4. The zero-order valence-electron chi connectivity index (χ0n) is 18.9. The summed E-state index contributed by atoms with van der Waals surface area (Å²) in [6, 6.07) is 23.6. The van der Waals surface area contributed by atoms with Crippen molar-refractivity contribution in [2.45, 2.75) is 24.8 Å². The largest absolute Gasteiger partial charge is 0.324 e. The van der Waals surface area contributed by atoms with Crippen LogP contribution in [0.4, 0.5) is 5.69 Å². The van der Waals surface area contributed by atoms with Crippen LogP contribution < -0.4 is 5.32 Å². The van der Waals surface area contributed by atoms with Crippen molar-refractivity contribution in [1.82, 2.24) is 9.21 Å².